The van der Waals surface area contributed by atoms with Crippen LogP contribution in [0.2, 0.25) is 0 Å². The van der Waals surface area contributed by atoms with Crippen LogP contribution in [-0.4, -0.2) is 28.9 Å². The van der Waals surface area contributed by atoms with Crippen molar-refractivity contribution in [3.05, 3.63) is 23.4 Å². The summed E-state index contributed by atoms with van der Waals surface area (Å²) in [6.45, 7) is 8.27. The van der Waals surface area contributed by atoms with Gasteiger partial charge in [-0.05, 0) is 31.4 Å². The average Bonchev–Trinajstić information content (AvgIpc) is 2.45. The third kappa shape index (κ3) is 3.93. The molecule has 1 rings (SSSR count). The number of rotatable bonds is 6. The molecule has 1 atom stereocenters. The predicted molar refractivity (Wildman–Crippen MR) is 82.6 cm³/mol. The van der Waals surface area contributed by atoms with Crippen LogP contribution in [0.1, 0.15) is 62.5 Å². The summed E-state index contributed by atoms with van der Waals surface area (Å²) in [5.74, 6) is 6.21. The number of hydrogen-bond acceptors (Lipinski definition) is 4. The maximum absolute atomic E-state index is 12.5. The molecule has 3 N–H and O–H groups in total. The smallest absolute Gasteiger partial charge is 0.254 e. The van der Waals surface area contributed by atoms with Crippen molar-refractivity contribution < 1.29 is 4.79 Å². The van der Waals surface area contributed by atoms with Crippen LogP contribution in [0, 0.1) is 0 Å². The van der Waals surface area contributed by atoms with E-state index in [-0.39, 0.29) is 17.9 Å². The highest BCUT2D eigenvalue weighted by atomic mass is 16.2. The Morgan fingerprint density at radius 3 is 2.55 bits per heavy atom. The van der Waals surface area contributed by atoms with E-state index in [9.17, 15) is 4.79 Å². The molecule has 0 aliphatic carbocycles. The van der Waals surface area contributed by atoms with Gasteiger partial charge in [0.05, 0.1) is 0 Å². The van der Waals surface area contributed by atoms with Gasteiger partial charge in [0.15, 0.2) is 0 Å². The van der Waals surface area contributed by atoms with E-state index >= 15 is 0 Å². The third-order valence-corrected chi connectivity index (χ3v) is 3.52. The molecule has 1 amide bonds. The first-order valence-electron chi connectivity index (χ1n) is 7.16. The first kappa shape index (κ1) is 16.4. The molecular weight excluding hydrogens is 252 g/mol. The topological polar surface area (TPSA) is 71.2 Å². The van der Waals surface area contributed by atoms with Crippen LogP contribution in [0.15, 0.2) is 12.1 Å². The minimum absolute atomic E-state index is 0.00625. The van der Waals surface area contributed by atoms with Crippen LogP contribution in [0.5, 0.6) is 0 Å². The minimum atomic E-state index is 0.00625. The molecule has 0 fully saturated rings. The van der Waals surface area contributed by atoms with Gasteiger partial charge < -0.3 is 10.3 Å². The van der Waals surface area contributed by atoms with E-state index in [2.05, 4.69) is 24.3 Å². The van der Waals surface area contributed by atoms with Gasteiger partial charge in [-0.15, -0.1) is 0 Å². The highest BCUT2D eigenvalue weighted by Crippen LogP contribution is 2.19. The second-order valence-electron chi connectivity index (χ2n) is 5.52. The maximum atomic E-state index is 12.5. The van der Waals surface area contributed by atoms with Crippen LogP contribution in [-0.2, 0) is 0 Å². The zero-order valence-electron chi connectivity index (χ0n) is 13.1. The molecule has 0 spiro atoms. The van der Waals surface area contributed by atoms with Crippen molar-refractivity contribution in [3.8, 4) is 0 Å². The largest absolute Gasteiger partial charge is 0.339 e. The second-order valence-corrected chi connectivity index (χ2v) is 5.52. The van der Waals surface area contributed by atoms with E-state index in [0.717, 1.165) is 18.5 Å². The molecule has 0 aliphatic rings. The Morgan fingerprint density at radius 2 is 2.05 bits per heavy atom. The lowest BCUT2D eigenvalue weighted by molar-refractivity contribution is 0.0736. The molecule has 0 radical (unpaired) electrons. The Balaban J connectivity index is 3.05. The number of nitrogen functional groups attached to an aromatic ring is 1. The molecule has 1 aromatic rings. The summed E-state index contributed by atoms with van der Waals surface area (Å²) in [5, 5.41) is 0. The number of anilines is 1. The molecule has 1 unspecified atom stereocenters. The number of aromatic nitrogens is 1. The fraction of sp³-hybridized carbons (Fsp3) is 0.600. The summed E-state index contributed by atoms with van der Waals surface area (Å²) in [4.78, 5) is 18.7. The fourth-order valence-electron chi connectivity index (χ4n) is 2.06. The molecule has 0 aliphatic heterocycles. The zero-order chi connectivity index (χ0) is 15.3. The maximum Gasteiger partial charge on any atom is 0.254 e. The van der Waals surface area contributed by atoms with Crippen molar-refractivity contribution in [2.75, 3.05) is 12.5 Å². The number of nitrogens with two attached hydrogens (primary N) is 1. The van der Waals surface area contributed by atoms with E-state index < -0.39 is 0 Å². The molecule has 20 heavy (non-hydrogen) atoms. The lowest BCUT2D eigenvalue weighted by Crippen LogP contribution is -2.35. The molecule has 1 heterocycles. The van der Waals surface area contributed by atoms with E-state index in [4.69, 9.17) is 5.84 Å². The number of carbonyl (C=O) groups is 1. The Morgan fingerprint density at radius 1 is 1.40 bits per heavy atom. The molecule has 5 nitrogen and oxygen atoms in total. The molecule has 1 aromatic heterocycles. The summed E-state index contributed by atoms with van der Waals surface area (Å²) in [6, 6.07) is 3.77. The quantitative estimate of drug-likeness (QED) is 0.620. The van der Waals surface area contributed by atoms with Crippen molar-refractivity contribution in [1.29, 1.82) is 0 Å². The SMILES string of the molecule is CCCC(C)N(C)C(=O)c1cc(NN)nc(C(C)C)c1. The second kappa shape index (κ2) is 7.24. The van der Waals surface area contributed by atoms with E-state index in [1.54, 1.807) is 11.0 Å². The monoisotopic (exact) mass is 278 g/mol. The minimum Gasteiger partial charge on any atom is -0.339 e. The Kier molecular flexibility index (Phi) is 5.95. The highest BCUT2D eigenvalue weighted by Gasteiger charge is 2.19. The predicted octanol–water partition coefficient (Wildman–Crippen LogP) is 2.75. The van der Waals surface area contributed by atoms with Gasteiger partial charge in [-0.25, -0.2) is 10.8 Å². The number of nitrogens with zero attached hydrogens (tertiary/aromatic N) is 2. The summed E-state index contributed by atoms with van der Waals surface area (Å²) >= 11 is 0. The van der Waals surface area contributed by atoms with Crippen molar-refractivity contribution in [2.45, 2.75) is 52.5 Å². The van der Waals surface area contributed by atoms with Crippen molar-refractivity contribution >= 4 is 11.7 Å². The van der Waals surface area contributed by atoms with Gasteiger partial charge in [-0.3, -0.25) is 4.79 Å². The van der Waals surface area contributed by atoms with Crippen LogP contribution >= 0.6 is 0 Å². The standard InChI is InChI=1S/C15H26N4O/c1-6-7-11(4)19(5)15(20)12-8-13(10(2)3)17-14(9-12)18-16/h8-11H,6-7,16H2,1-5H3,(H,17,18). The molecule has 112 valence electrons. The molecule has 0 aromatic carbocycles. The van der Waals surface area contributed by atoms with Gasteiger partial charge in [-0.2, -0.15) is 0 Å². The number of pyridine rings is 1. The number of hydrazine groups is 1. The number of hydrogen-bond donors (Lipinski definition) is 2. The van der Waals surface area contributed by atoms with Crippen LogP contribution in [0.4, 0.5) is 5.82 Å². The zero-order valence-corrected chi connectivity index (χ0v) is 13.1. The lowest BCUT2D eigenvalue weighted by Gasteiger charge is -2.25. The normalized spacial score (nSPS) is 12.3. The molecule has 0 saturated carbocycles. The Labute approximate surface area is 121 Å². The number of carbonyl (C=O) groups excluding carboxylic acids is 1. The van der Waals surface area contributed by atoms with Gasteiger partial charge in [0.2, 0.25) is 0 Å². The molecule has 5 heteroatoms. The van der Waals surface area contributed by atoms with E-state index in [1.807, 2.05) is 27.0 Å². The molecule has 0 bridgehead atoms. The molecule has 0 saturated heterocycles. The van der Waals surface area contributed by atoms with Crippen molar-refractivity contribution in [1.82, 2.24) is 9.88 Å². The van der Waals surface area contributed by atoms with Crippen molar-refractivity contribution in [3.63, 3.8) is 0 Å². The summed E-state index contributed by atoms with van der Waals surface area (Å²) in [6.07, 6.45) is 2.05. The van der Waals surface area contributed by atoms with Gasteiger partial charge in [0.25, 0.3) is 5.91 Å². The van der Waals surface area contributed by atoms with Crippen LogP contribution < -0.4 is 11.3 Å². The molecular formula is C15H26N4O. The average molecular weight is 278 g/mol. The van der Waals surface area contributed by atoms with Crippen molar-refractivity contribution in [2.24, 2.45) is 5.84 Å². The Bertz CT molecular complexity index is 459. The van der Waals surface area contributed by atoms with Gasteiger partial charge in [0.1, 0.15) is 5.82 Å². The number of nitrogens with one attached hydrogen (secondary N) is 1. The first-order valence-corrected chi connectivity index (χ1v) is 7.16. The van der Waals surface area contributed by atoms with Crippen LogP contribution in [0.25, 0.3) is 0 Å². The Hall–Kier alpha value is -1.62. The fourth-order valence-corrected chi connectivity index (χ4v) is 2.06. The van der Waals surface area contributed by atoms with E-state index in [1.165, 1.54) is 0 Å². The van der Waals surface area contributed by atoms with Crippen LogP contribution in [0.3, 0.4) is 0 Å². The first-order chi connectivity index (χ1) is 9.40. The number of amides is 1. The van der Waals surface area contributed by atoms with Gasteiger partial charge >= 0.3 is 0 Å². The summed E-state index contributed by atoms with van der Waals surface area (Å²) in [5.41, 5.74) is 4.02. The van der Waals surface area contributed by atoms with Gasteiger partial charge in [0, 0.05) is 24.3 Å². The summed E-state index contributed by atoms with van der Waals surface area (Å²) < 4.78 is 0. The van der Waals surface area contributed by atoms with E-state index in [0.29, 0.717) is 11.4 Å². The summed E-state index contributed by atoms with van der Waals surface area (Å²) in [7, 11) is 1.84. The highest BCUT2D eigenvalue weighted by molar-refractivity contribution is 5.95. The lowest BCUT2D eigenvalue weighted by atomic mass is 10.1. The third-order valence-electron chi connectivity index (χ3n) is 3.52. The van der Waals surface area contributed by atoms with Gasteiger partial charge in [-0.1, -0.05) is 27.2 Å².